The Morgan fingerprint density at radius 2 is 1.77 bits per heavy atom. The van der Waals surface area contributed by atoms with Crippen molar-refractivity contribution in [1.82, 2.24) is 14.6 Å². The monoisotopic (exact) mass is 373 g/mol. The predicted molar refractivity (Wildman–Crippen MR) is 99.4 cm³/mol. The summed E-state index contributed by atoms with van der Waals surface area (Å²) in [6.07, 6.45) is 4.39. The maximum absolute atomic E-state index is 12.7. The van der Waals surface area contributed by atoms with Crippen molar-refractivity contribution >= 4 is 15.9 Å². The normalized spacial score (nSPS) is 15.8. The zero-order valence-electron chi connectivity index (χ0n) is 15.0. The second-order valence-corrected chi connectivity index (χ2v) is 8.38. The number of benzene rings is 1. The van der Waals surface area contributed by atoms with Crippen LogP contribution in [-0.4, -0.2) is 43.3 Å². The third-order valence-electron chi connectivity index (χ3n) is 4.65. The molecular weight excluding hydrogens is 350 g/mol. The van der Waals surface area contributed by atoms with Gasteiger partial charge in [0.1, 0.15) is 0 Å². The van der Waals surface area contributed by atoms with E-state index in [1.807, 2.05) is 13.0 Å². The van der Waals surface area contributed by atoms with E-state index in [1.54, 1.807) is 48.5 Å². The Bertz CT molecular complexity index is 890. The third kappa shape index (κ3) is 4.11. The molecule has 0 spiro atoms. The SMILES string of the molecule is Cc1ccc(S(=O)(=O)NC2CCN(C(=O)c3ccncc3)CC2)c(C)c1. The molecule has 1 aromatic carbocycles. The van der Waals surface area contributed by atoms with Gasteiger partial charge >= 0.3 is 0 Å². The quantitative estimate of drug-likeness (QED) is 0.892. The van der Waals surface area contributed by atoms with Gasteiger partial charge in [-0.15, -0.1) is 0 Å². The average Bonchev–Trinajstić information content (AvgIpc) is 2.62. The molecule has 1 saturated heterocycles. The van der Waals surface area contributed by atoms with Gasteiger partial charge in [-0.05, 0) is 50.5 Å². The maximum Gasteiger partial charge on any atom is 0.253 e. The number of piperidine rings is 1. The zero-order valence-corrected chi connectivity index (χ0v) is 15.8. The smallest absolute Gasteiger partial charge is 0.253 e. The van der Waals surface area contributed by atoms with Gasteiger partial charge in [0.15, 0.2) is 0 Å². The lowest BCUT2D eigenvalue weighted by atomic mass is 10.1. The van der Waals surface area contributed by atoms with Crippen LogP contribution in [0.5, 0.6) is 0 Å². The topological polar surface area (TPSA) is 79.4 Å². The van der Waals surface area contributed by atoms with E-state index in [4.69, 9.17) is 0 Å². The molecule has 138 valence electrons. The van der Waals surface area contributed by atoms with Gasteiger partial charge in [0.05, 0.1) is 4.90 Å². The first-order valence-electron chi connectivity index (χ1n) is 8.66. The number of amides is 1. The summed E-state index contributed by atoms with van der Waals surface area (Å²) < 4.78 is 28.1. The van der Waals surface area contributed by atoms with Gasteiger partial charge in [-0.25, -0.2) is 13.1 Å². The van der Waals surface area contributed by atoms with Crippen LogP contribution in [0.25, 0.3) is 0 Å². The molecule has 0 radical (unpaired) electrons. The number of aromatic nitrogens is 1. The number of nitrogens with zero attached hydrogens (tertiary/aromatic N) is 2. The fourth-order valence-corrected chi connectivity index (χ4v) is 4.79. The molecule has 1 fully saturated rings. The second kappa shape index (κ2) is 7.55. The maximum atomic E-state index is 12.7. The second-order valence-electron chi connectivity index (χ2n) is 6.69. The molecule has 2 heterocycles. The number of hydrogen-bond acceptors (Lipinski definition) is 4. The van der Waals surface area contributed by atoms with E-state index in [0.717, 1.165) is 11.1 Å². The lowest BCUT2D eigenvalue weighted by molar-refractivity contribution is 0.0711. The first-order chi connectivity index (χ1) is 12.4. The van der Waals surface area contributed by atoms with E-state index in [-0.39, 0.29) is 11.9 Å². The van der Waals surface area contributed by atoms with Gasteiger partial charge in [-0.2, -0.15) is 0 Å². The first-order valence-corrected chi connectivity index (χ1v) is 10.1. The molecule has 0 aliphatic carbocycles. The molecule has 1 N–H and O–H groups in total. The van der Waals surface area contributed by atoms with Gasteiger partial charge in [0.2, 0.25) is 10.0 Å². The zero-order chi connectivity index (χ0) is 18.7. The van der Waals surface area contributed by atoms with Crippen molar-refractivity contribution < 1.29 is 13.2 Å². The minimum atomic E-state index is -3.56. The summed E-state index contributed by atoms with van der Waals surface area (Å²) in [5.74, 6) is -0.0388. The fraction of sp³-hybridized carbons (Fsp3) is 0.368. The number of carbonyl (C=O) groups excluding carboxylic acids is 1. The van der Waals surface area contributed by atoms with Crippen LogP contribution in [0.4, 0.5) is 0 Å². The molecule has 6 nitrogen and oxygen atoms in total. The van der Waals surface area contributed by atoms with Gasteiger partial charge < -0.3 is 4.90 Å². The third-order valence-corrected chi connectivity index (χ3v) is 6.33. The van der Waals surface area contributed by atoms with Crippen molar-refractivity contribution in [3.63, 3.8) is 0 Å². The highest BCUT2D eigenvalue weighted by molar-refractivity contribution is 7.89. The molecule has 0 unspecified atom stereocenters. The van der Waals surface area contributed by atoms with Crippen molar-refractivity contribution in [3.05, 3.63) is 59.4 Å². The van der Waals surface area contributed by atoms with Crippen molar-refractivity contribution in [1.29, 1.82) is 0 Å². The Labute approximate surface area is 154 Å². The van der Waals surface area contributed by atoms with E-state index < -0.39 is 10.0 Å². The van der Waals surface area contributed by atoms with Gasteiger partial charge in [0.25, 0.3) is 5.91 Å². The van der Waals surface area contributed by atoms with Crippen LogP contribution in [-0.2, 0) is 10.0 Å². The van der Waals surface area contributed by atoms with Crippen LogP contribution in [0.15, 0.2) is 47.6 Å². The summed E-state index contributed by atoms with van der Waals surface area (Å²) in [7, 11) is -3.56. The molecule has 0 atom stereocenters. The van der Waals surface area contributed by atoms with Crippen LogP contribution >= 0.6 is 0 Å². The van der Waals surface area contributed by atoms with E-state index in [2.05, 4.69) is 9.71 Å². The Kier molecular flexibility index (Phi) is 5.38. The Morgan fingerprint density at radius 3 is 2.38 bits per heavy atom. The van der Waals surface area contributed by atoms with Crippen molar-refractivity contribution in [2.75, 3.05) is 13.1 Å². The number of likely N-dealkylation sites (tertiary alicyclic amines) is 1. The van der Waals surface area contributed by atoms with Crippen LogP contribution in [0.3, 0.4) is 0 Å². The molecule has 7 heteroatoms. The molecule has 26 heavy (non-hydrogen) atoms. The summed E-state index contributed by atoms with van der Waals surface area (Å²) in [6, 6.07) is 8.54. The predicted octanol–water partition coefficient (Wildman–Crippen LogP) is 2.28. The highest BCUT2D eigenvalue weighted by atomic mass is 32.2. The minimum Gasteiger partial charge on any atom is -0.339 e. The van der Waals surface area contributed by atoms with E-state index in [0.29, 0.717) is 36.4 Å². The Hall–Kier alpha value is -2.25. The van der Waals surface area contributed by atoms with Crippen LogP contribution in [0, 0.1) is 13.8 Å². The molecule has 3 rings (SSSR count). The molecule has 2 aromatic rings. The number of sulfonamides is 1. The standard InChI is InChI=1S/C19H23N3O3S/c1-14-3-4-18(15(2)13-14)26(24,25)21-17-7-11-22(12-8-17)19(23)16-5-9-20-10-6-16/h3-6,9-10,13,17,21H,7-8,11-12H2,1-2H3. The van der Waals surface area contributed by atoms with Gasteiger partial charge in [0, 0.05) is 37.1 Å². The average molecular weight is 373 g/mol. The summed E-state index contributed by atoms with van der Waals surface area (Å²) >= 11 is 0. The lowest BCUT2D eigenvalue weighted by Crippen LogP contribution is -2.46. The highest BCUT2D eigenvalue weighted by Gasteiger charge is 2.27. The Balaban J connectivity index is 1.62. The van der Waals surface area contributed by atoms with Crippen LogP contribution in [0.1, 0.15) is 34.3 Å². The summed E-state index contributed by atoms with van der Waals surface area (Å²) in [5.41, 5.74) is 2.38. The number of hydrogen-bond donors (Lipinski definition) is 1. The lowest BCUT2D eigenvalue weighted by Gasteiger charge is -2.32. The summed E-state index contributed by atoms with van der Waals surface area (Å²) in [5, 5.41) is 0. The van der Waals surface area contributed by atoms with Crippen molar-refractivity contribution in [2.45, 2.75) is 37.6 Å². The number of carbonyl (C=O) groups is 1. The minimum absolute atomic E-state index is 0.0388. The van der Waals surface area contributed by atoms with Crippen molar-refractivity contribution in [3.8, 4) is 0 Å². The summed E-state index contributed by atoms with van der Waals surface area (Å²) in [4.78, 5) is 18.4. The van der Waals surface area contributed by atoms with Gasteiger partial charge in [-0.3, -0.25) is 9.78 Å². The van der Waals surface area contributed by atoms with Crippen molar-refractivity contribution in [2.24, 2.45) is 0 Å². The molecule has 1 amide bonds. The first kappa shape index (κ1) is 18.5. The molecule has 1 aromatic heterocycles. The van der Waals surface area contributed by atoms with E-state index in [9.17, 15) is 13.2 Å². The Morgan fingerprint density at radius 1 is 1.12 bits per heavy atom. The molecule has 1 aliphatic rings. The largest absolute Gasteiger partial charge is 0.339 e. The van der Waals surface area contributed by atoms with Gasteiger partial charge in [-0.1, -0.05) is 17.7 Å². The molecule has 0 saturated carbocycles. The fourth-order valence-electron chi connectivity index (χ4n) is 3.26. The highest BCUT2D eigenvalue weighted by Crippen LogP contribution is 2.20. The molecule has 1 aliphatic heterocycles. The molecule has 0 bridgehead atoms. The van der Waals surface area contributed by atoms with Crippen LogP contribution in [0.2, 0.25) is 0 Å². The number of aryl methyl sites for hydroxylation is 2. The van der Waals surface area contributed by atoms with E-state index >= 15 is 0 Å². The number of pyridine rings is 1. The van der Waals surface area contributed by atoms with Crippen LogP contribution < -0.4 is 4.72 Å². The summed E-state index contributed by atoms with van der Waals surface area (Å²) in [6.45, 7) is 4.80. The number of rotatable bonds is 4. The molecular formula is C19H23N3O3S. The number of nitrogens with one attached hydrogen (secondary N) is 1. The van der Waals surface area contributed by atoms with E-state index in [1.165, 1.54) is 0 Å².